The lowest BCUT2D eigenvalue weighted by atomic mass is 10.3. The molecule has 1 aromatic heterocycles. The van der Waals surface area contributed by atoms with Gasteiger partial charge in [-0.2, -0.15) is 4.31 Å². The summed E-state index contributed by atoms with van der Waals surface area (Å²) in [5.41, 5.74) is 0. The molecule has 1 saturated heterocycles. The molecular weight excluding hydrogens is 419 g/mol. The van der Waals surface area contributed by atoms with Crippen LogP contribution in [0.4, 0.5) is 0 Å². The molecule has 2 heterocycles. The number of amides is 1. The number of carbonyl (C=O) groups is 1. The number of hydrogen-bond acceptors (Lipinski definition) is 5. The fourth-order valence-corrected chi connectivity index (χ4v) is 5.78. The predicted molar refractivity (Wildman–Crippen MR) is 102 cm³/mol. The Morgan fingerprint density at radius 3 is 2.38 bits per heavy atom. The van der Waals surface area contributed by atoms with Crippen LogP contribution in [0.5, 0.6) is 5.75 Å². The van der Waals surface area contributed by atoms with Crippen molar-refractivity contribution in [3.05, 3.63) is 45.8 Å². The third kappa shape index (κ3) is 4.32. The summed E-state index contributed by atoms with van der Waals surface area (Å²) in [5, 5.41) is 0.436. The topological polar surface area (TPSA) is 66.9 Å². The highest BCUT2D eigenvalue weighted by Crippen LogP contribution is 2.28. The molecule has 0 saturated carbocycles. The van der Waals surface area contributed by atoms with Gasteiger partial charge in [-0.25, -0.2) is 8.42 Å². The second kappa shape index (κ2) is 8.14. The van der Waals surface area contributed by atoms with Gasteiger partial charge in [0.1, 0.15) is 9.96 Å². The van der Waals surface area contributed by atoms with Crippen LogP contribution in [0.25, 0.3) is 0 Å². The van der Waals surface area contributed by atoms with E-state index < -0.39 is 10.0 Å². The number of para-hydroxylation sites is 1. The summed E-state index contributed by atoms with van der Waals surface area (Å²) in [4.78, 5) is 13.9. The van der Waals surface area contributed by atoms with Gasteiger partial charge in [0.15, 0.2) is 6.61 Å². The van der Waals surface area contributed by atoms with Crippen LogP contribution >= 0.6 is 34.5 Å². The molecule has 1 fully saturated rings. The zero-order valence-corrected chi connectivity index (χ0v) is 16.7. The monoisotopic (exact) mass is 434 g/mol. The number of rotatable bonds is 5. The Bertz CT molecular complexity index is 893. The van der Waals surface area contributed by atoms with Crippen LogP contribution in [0.1, 0.15) is 0 Å². The molecule has 0 aliphatic carbocycles. The molecule has 140 valence electrons. The summed E-state index contributed by atoms with van der Waals surface area (Å²) < 4.78 is 32.6. The van der Waals surface area contributed by atoms with Crippen molar-refractivity contribution >= 4 is 50.5 Å². The van der Waals surface area contributed by atoms with Crippen molar-refractivity contribution in [1.82, 2.24) is 9.21 Å². The number of ether oxygens (including phenoxy) is 1. The maximum absolute atomic E-state index is 12.6. The Kier molecular flexibility index (Phi) is 6.09. The molecule has 1 aromatic carbocycles. The van der Waals surface area contributed by atoms with Crippen molar-refractivity contribution in [2.45, 2.75) is 4.21 Å². The van der Waals surface area contributed by atoms with E-state index in [-0.39, 0.29) is 29.8 Å². The van der Waals surface area contributed by atoms with Crippen molar-refractivity contribution < 1.29 is 17.9 Å². The molecule has 3 rings (SSSR count). The fourth-order valence-electron chi connectivity index (χ4n) is 2.53. The molecule has 0 N–H and O–H groups in total. The third-order valence-corrected chi connectivity index (χ3v) is 7.83. The first-order valence-electron chi connectivity index (χ1n) is 7.78. The first kappa shape index (κ1) is 19.4. The number of carbonyl (C=O) groups excluding carboxylic acids is 1. The maximum atomic E-state index is 12.6. The number of piperazine rings is 1. The normalized spacial score (nSPS) is 15.8. The molecule has 1 aliphatic rings. The van der Waals surface area contributed by atoms with Crippen LogP contribution in [0.2, 0.25) is 9.36 Å². The third-order valence-electron chi connectivity index (χ3n) is 3.92. The van der Waals surface area contributed by atoms with Gasteiger partial charge >= 0.3 is 0 Å². The van der Waals surface area contributed by atoms with Gasteiger partial charge in [0, 0.05) is 26.2 Å². The number of hydrogen-bond donors (Lipinski definition) is 0. The van der Waals surface area contributed by atoms with Crippen LogP contribution in [0.3, 0.4) is 0 Å². The maximum Gasteiger partial charge on any atom is 0.260 e. The largest absolute Gasteiger partial charge is 0.482 e. The first-order chi connectivity index (χ1) is 12.4. The van der Waals surface area contributed by atoms with Crippen molar-refractivity contribution in [3.63, 3.8) is 0 Å². The predicted octanol–water partition coefficient (Wildman–Crippen LogP) is 2.97. The molecule has 1 aliphatic heterocycles. The molecule has 6 nitrogen and oxygen atoms in total. The van der Waals surface area contributed by atoms with E-state index >= 15 is 0 Å². The highest BCUT2D eigenvalue weighted by molar-refractivity contribution is 7.91. The quantitative estimate of drug-likeness (QED) is 0.725. The van der Waals surface area contributed by atoms with Crippen LogP contribution in [-0.2, 0) is 14.8 Å². The minimum Gasteiger partial charge on any atom is -0.482 e. The minimum absolute atomic E-state index is 0.142. The SMILES string of the molecule is O=C(COc1ccccc1Cl)N1CCN(S(=O)(=O)c2ccc(Cl)s2)CC1. The molecule has 2 aromatic rings. The Balaban J connectivity index is 1.55. The lowest BCUT2D eigenvalue weighted by molar-refractivity contribution is -0.134. The zero-order valence-electron chi connectivity index (χ0n) is 13.6. The van der Waals surface area contributed by atoms with Gasteiger partial charge < -0.3 is 9.64 Å². The van der Waals surface area contributed by atoms with E-state index in [1.165, 1.54) is 10.4 Å². The number of halogens is 2. The molecule has 0 atom stereocenters. The summed E-state index contributed by atoms with van der Waals surface area (Å²) in [6.07, 6.45) is 0. The van der Waals surface area contributed by atoms with E-state index in [9.17, 15) is 13.2 Å². The summed E-state index contributed by atoms with van der Waals surface area (Å²) in [7, 11) is -3.57. The van der Waals surface area contributed by atoms with E-state index in [1.54, 1.807) is 35.2 Å². The Hall–Kier alpha value is -1.32. The van der Waals surface area contributed by atoms with Gasteiger partial charge in [-0.05, 0) is 24.3 Å². The standard InChI is InChI=1S/C16H16Cl2N2O4S2/c17-12-3-1-2-4-13(12)24-11-15(21)19-7-9-20(10-8-19)26(22,23)16-6-5-14(18)25-16/h1-6H,7-11H2. The Labute approximate surface area is 165 Å². The second-order valence-corrected chi connectivity index (χ2v) is 9.85. The van der Waals surface area contributed by atoms with E-state index in [2.05, 4.69) is 0 Å². The van der Waals surface area contributed by atoms with Crippen molar-refractivity contribution in [3.8, 4) is 5.75 Å². The Morgan fingerprint density at radius 1 is 1.08 bits per heavy atom. The number of nitrogens with zero attached hydrogens (tertiary/aromatic N) is 2. The summed E-state index contributed by atoms with van der Waals surface area (Å²) >= 11 is 12.8. The van der Waals surface area contributed by atoms with E-state index in [1.807, 2.05) is 0 Å². The average Bonchev–Trinajstić information content (AvgIpc) is 3.08. The highest BCUT2D eigenvalue weighted by Gasteiger charge is 2.31. The lowest BCUT2D eigenvalue weighted by Gasteiger charge is -2.33. The highest BCUT2D eigenvalue weighted by atomic mass is 35.5. The zero-order chi connectivity index (χ0) is 18.7. The molecule has 26 heavy (non-hydrogen) atoms. The molecule has 10 heteroatoms. The molecule has 0 spiro atoms. The van der Waals surface area contributed by atoms with Crippen LogP contribution in [-0.4, -0.2) is 56.3 Å². The van der Waals surface area contributed by atoms with Crippen molar-refractivity contribution in [2.24, 2.45) is 0 Å². The van der Waals surface area contributed by atoms with Crippen molar-refractivity contribution in [1.29, 1.82) is 0 Å². The fraction of sp³-hybridized carbons (Fsp3) is 0.312. The Morgan fingerprint density at radius 2 is 1.77 bits per heavy atom. The average molecular weight is 435 g/mol. The van der Waals surface area contributed by atoms with Gasteiger partial charge in [0.25, 0.3) is 15.9 Å². The van der Waals surface area contributed by atoms with Gasteiger partial charge in [-0.3, -0.25) is 4.79 Å². The summed E-state index contributed by atoms with van der Waals surface area (Å²) in [5.74, 6) is 0.236. The van der Waals surface area contributed by atoms with Crippen LogP contribution in [0.15, 0.2) is 40.6 Å². The first-order valence-corrected chi connectivity index (χ1v) is 10.8. The van der Waals surface area contributed by atoms with E-state index in [0.29, 0.717) is 28.2 Å². The van der Waals surface area contributed by atoms with Crippen molar-refractivity contribution in [2.75, 3.05) is 32.8 Å². The number of benzene rings is 1. The molecule has 0 bridgehead atoms. The second-order valence-electron chi connectivity index (χ2n) is 5.56. The van der Waals surface area contributed by atoms with E-state index in [0.717, 1.165) is 11.3 Å². The van der Waals surface area contributed by atoms with Crippen LogP contribution in [0, 0.1) is 0 Å². The lowest BCUT2D eigenvalue weighted by Crippen LogP contribution is -2.51. The van der Waals surface area contributed by atoms with Gasteiger partial charge in [-0.15, -0.1) is 11.3 Å². The minimum atomic E-state index is -3.57. The molecule has 0 unspecified atom stereocenters. The smallest absolute Gasteiger partial charge is 0.260 e. The molecule has 0 radical (unpaired) electrons. The van der Waals surface area contributed by atoms with Gasteiger partial charge in [0.2, 0.25) is 0 Å². The van der Waals surface area contributed by atoms with E-state index in [4.69, 9.17) is 27.9 Å². The number of sulfonamides is 1. The number of thiophene rings is 1. The molecule has 1 amide bonds. The van der Waals surface area contributed by atoms with Gasteiger partial charge in [-0.1, -0.05) is 35.3 Å². The summed E-state index contributed by atoms with van der Waals surface area (Å²) in [6, 6.07) is 9.97. The molecular formula is C16H16Cl2N2O4S2. The van der Waals surface area contributed by atoms with Gasteiger partial charge in [0.05, 0.1) is 9.36 Å². The van der Waals surface area contributed by atoms with Crippen LogP contribution < -0.4 is 4.74 Å². The summed E-state index contributed by atoms with van der Waals surface area (Å²) in [6.45, 7) is 0.939.